The summed E-state index contributed by atoms with van der Waals surface area (Å²) in [6.07, 6.45) is 8.64. The first-order valence-corrected chi connectivity index (χ1v) is 8.15. The summed E-state index contributed by atoms with van der Waals surface area (Å²) in [4.78, 5) is 14.6. The molecule has 1 fully saturated rings. The van der Waals surface area contributed by atoms with Crippen molar-refractivity contribution in [2.45, 2.75) is 84.2 Å². The van der Waals surface area contributed by atoms with Crippen LogP contribution in [0.5, 0.6) is 0 Å². The lowest BCUT2D eigenvalue weighted by atomic mass is 9.94. The fourth-order valence-corrected chi connectivity index (χ4v) is 3.46. The van der Waals surface area contributed by atoms with Crippen LogP contribution in [0.4, 0.5) is 0 Å². The Bertz CT molecular complexity index is 261. The zero-order valence-electron chi connectivity index (χ0n) is 13.0. The molecule has 3 nitrogen and oxygen atoms in total. The number of carbonyl (C=O) groups is 1. The van der Waals surface area contributed by atoms with Gasteiger partial charge in [-0.15, -0.1) is 0 Å². The van der Waals surface area contributed by atoms with E-state index in [0.717, 1.165) is 25.8 Å². The van der Waals surface area contributed by atoms with Crippen LogP contribution in [0.3, 0.4) is 0 Å². The second-order valence-corrected chi connectivity index (χ2v) is 6.06. The molecule has 1 amide bonds. The summed E-state index contributed by atoms with van der Waals surface area (Å²) in [5.74, 6) is 1.01. The number of hydrogen-bond acceptors (Lipinski definition) is 2. The third-order valence-electron chi connectivity index (χ3n) is 4.58. The van der Waals surface area contributed by atoms with E-state index in [1.165, 1.54) is 25.7 Å². The van der Waals surface area contributed by atoms with Crippen molar-refractivity contribution in [3.63, 3.8) is 0 Å². The van der Waals surface area contributed by atoms with Crippen LogP contribution < -0.4 is 5.73 Å². The molecule has 1 rings (SSSR count). The number of likely N-dealkylation sites (tertiary alicyclic amines) is 1. The van der Waals surface area contributed by atoms with Crippen molar-refractivity contribution in [2.75, 3.05) is 6.54 Å². The first kappa shape index (κ1) is 16.5. The monoisotopic (exact) mass is 268 g/mol. The van der Waals surface area contributed by atoms with E-state index in [1.807, 2.05) is 0 Å². The predicted molar refractivity (Wildman–Crippen MR) is 80.9 cm³/mol. The highest BCUT2D eigenvalue weighted by Crippen LogP contribution is 2.28. The topological polar surface area (TPSA) is 46.3 Å². The molecule has 112 valence electrons. The lowest BCUT2D eigenvalue weighted by molar-refractivity contribution is -0.134. The van der Waals surface area contributed by atoms with E-state index < -0.39 is 0 Å². The van der Waals surface area contributed by atoms with Crippen LogP contribution in [0.25, 0.3) is 0 Å². The quantitative estimate of drug-likeness (QED) is 0.734. The summed E-state index contributed by atoms with van der Waals surface area (Å²) in [7, 11) is 0. The van der Waals surface area contributed by atoms with Crippen LogP contribution in [0.15, 0.2) is 0 Å². The first-order chi connectivity index (χ1) is 9.13. The van der Waals surface area contributed by atoms with E-state index >= 15 is 0 Å². The first-order valence-electron chi connectivity index (χ1n) is 8.15. The van der Waals surface area contributed by atoms with Gasteiger partial charge < -0.3 is 10.6 Å². The van der Waals surface area contributed by atoms with E-state index in [0.29, 0.717) is 30.3 Å². The van der Waals surface area contributed by atoms with Crippen LogP contribution in [0.1, 0.15) is 72.1 Å². The number of nitrogens with zero attached hydrogens (tertiary/aromatic N) is 1. The molecule has 1 aliphatic heterocycles. The Morgan fingerprint density at radius 2 is 2.00 bits per heavy atom. The average Bonchev–Trinajstić information content (AvgIpc) is 2.77. The Morgan fingerprint density at radius 1 is 1.26 bits per heavy atom. The summed E-state index contributed by atoms with van der Waals surface area (Å²) >= 11 is 0. The molecule has 1 aliphatic rings. The third kappa shape index (κ3) is 4.79. The number of amides is 1. The maximum atomic E-state index is 12.4. The molecule has 1 heterocycles. The SMILES string of the molecule is CCCC(CCN)CCC(=O)N1C(C)CCC1CC. The molecule has 0 aromatic heterocycles. The molecule has 3 atom stereocenters. The molecular weight excluding hydrogens is 236 g/mol. The Kier molecular flexibility index (Phi) is 7.44. The summed E-state index contributed by atoms with van der Waals surface area (Å²) in [5.41, 5.74) is 5.66. The number of nitrogens with two attached hydrogens (primary N) is 1. The zero-order chi connectivity index (χ0) is 14.3. The fraction of sp³-hybridized carbons (Fsp3) is 0.938. The number of rotatable bonds is 8. The minimum absolute atomic E-state index is 0.370. The molecule has 2 N–H and O–H groups in total. The average molecular weight is 268 g/mol. The van der Waals surface area contributed by atoms with E-state index in [9.17, 15) is 4.79 Å². The Morgan fingerprint density at radius 3 is 2.58 bits per heavy atom. The number of hydrogen-bond donors (Lipinski definition) is 1. The van der Waals surface area contributed by atoms with Crippen molar-refractivity contribution >= 4 is 5.91 Å². The highest BCUT2D eigenvalue weighted by atomic mass is 16.2. The van der Waals surface area contributed by atoms with E-state index in [1.54, 1.807) is 0 Å². The molecule has 0 bridgehead atoms. The Hall–Kier alpha value is -0.570. The molecule has 19 heavy (non-hydrogen) atoms. The van der Waals surface area contributed by atoms with Gasteiger partial charge >= 0.3 is 0 Å². The van der Waals surface area contributed by atoms with Gasteiger partial charge in [-0.2, -0.15) is 0 Å². The fourth-order valence-electron chi connectivity index (χ4n) is 3.46. The van der Waals surface area contributed by atoms with Gasteiger partial charge in [0.1, 0.15) is 0 Å². The van der Waals surface area contributed by atoms with Gasteiger partial charge in [0.25, 0.3) is 0 Å². The van der Waals surface area contributed by atoms with Gasteiger partial charge in [-0.1, -0.05) is 26.7 Å². The summed E-state index contributed by atoms with van der Waals surface area (Å²) in [6, 6.07) is 0.929. The van der Waals surface area contributed by atoms with E-state index in [4.69, 9.17) is 5.73 Å². The minimum Gasteiger partial charge on any atom is -0.337 e. The molecule has 3 heteroatoms. The van der Waals surface area contributed by atoms with Crippen molar-refractivity contribution < 1.29 is 4.79 Å². The zero-order valence-corrected chi connectivity index (χ0v) is 13.0. The van der Waals surface area contributed by atoms with E-state index in [2.05, 4.69) is 25.7 Å². The molecular formula is C16H32N2O. The smallest absolute Gasteiger partial charge is 0.223 e. The Balaban J connectivity index is 2.44. The van der Waals surface area contributed by atoms with Crippen LogP contribution in [0, 0.1) is 5.92 Å². The second kappa shape index (κ2) is 8.57. The normalized spacial score (nSPS) is 24.7. The van der Waals surface area contributed by atoms with Gasteiger partial charge in [-0.25, -0.2) is 0 Å². The molecule has 0 radical (unpaired) electrons. The maximum absolute atomic E-state index is 12.4. The highest BCUT2D eigenvalue weighted by Gasteiger charge is 2.32. The largest absolute Gasteiger partial charge is 0.337 e. The van der Waals surface area contributed by atoms with Crippen molar-refractivity contribution in [1.82, 2.24) is 4.90 Å². The Labute approximate surface area is 118 Å². The lowest BCUT2D eigenvalue weighted by Gasteiger charge is -2.28. The summed E-state index contributed by atoms with van der Waals surface area (Å²) in [5, 5.41) is 0. The predicted octanol–water partition coefficient (Wildman–Crippen LogP) is 3.32. The highest BCUT2D eigenvalue weighted by molar-refractivity contribution is 5.77. The lowest BCUT2D eigenvalue weighted by Crippen LogP contribution is -2.39. The molecule has 3 unspecified atom stereocenters. The number of carbonyl (C=O) groups excluding carboxylic acids is 1. The third-order valence-corrected chi connectivity index (χ3v) is 4.58. The van der Waals surface area contributed by atoms with Crippen LogP contribution >= 0.6 is 0 Å². The van der Waals surface area contributed by atoms with Gasteiger partial charge in [0.15, 0.2) is 0 Å². The summed E-state index contributed by atoms with van der Waals surface area (Å²) < 4.78 is 0. The molecule has 0 aliphatic carbocycles. The van der Waals surface area contributed by atoms with Gasteiger partial charge in [0.05, 0.1) is 0 Å². The van der Waals surface area contributed by atoms with E-state index in [-0.39, 0.29) is 0 Å². The van der Waals surface area contributed by atoms with Crippen molar-refractivity contribution in [2.24, 2.45) is 11.7 Å². The molecule has 0 aromatic carbocycles. The van der Waals surface area contributed by atoms with Crippen molar-refractivity contribution in [1.29, 1.82) is 0 Å². The van der Waals surface area contributed by atoms with Gasteiger partial charge in [0.2, 0.25) is 5.91 Å². The van der Waals surface area contributed by atoms with Crippen molar-refractivity contribution in [3.8, 4) is 0 Å². The van der Waals surface area contributed by atoms with Gasteiger partial charge in [-0.3, -0.25) is 4.79 Å². The van der Waals surface area contributed by atoms with Crippen LogP contribution in [-0.4, -0.2) is 29.4 Å². The molecule has 0 aromatic rings. The summed E-state index contributed by atoms with van der Waals surface area (Å²) in [6.45, 7) is 7.34. The van der Waals surface area contributed by atoms with Crippen molar-refractivity contribution in [3.05, 3.63) is 0 Å². The van der Waals surface area contributed by atoms with Gasteiger partial charge in [0, 0.05) is 18.5 Å². The second-order valence-electron chi connectivity index (χ2n) is 6.06. The van der Waals surface area contributed by atoms with Crippen LogP contribution in [-0.2, 0) is 4.79 Å². The minimum atomic E-state index is 0.370. The molecule has 0 spiro atoms. The standard InChI is InChI=1S/C16H32N2O/c1-4-6-14(11-12-17)8-10-16(19)18-13(3)7-9-15(18)5-2/h13-15H,4-12,17H2,1-3H3. The maximum Gasteiger partial charge on any atom is 0.223 e. The molecule has 1 saturated heterocycles. The van der Waals surface area contributed by atoms with Crippen LogP contribution in [0.2, 0.25) is 0 Å². The molecule has 0 saturated carbocycles. The van der Waals surface area contributed by atoms with Gasteiger partial charge in [-0.05, 0) is 51.5 Å².